The molecule has 1 aromatic carbocycles. The van der Waals surface area contributed by atoms with E-state index in [0.29, 0.717) is 17.3 Å². The molecule has 1 atom stereocenters. The second kappa shape index (κ2) is 4.04. The van der Waals surface area contributed by atoms with E-state index in [1.807, 2.05) is 12.1 Å². The van der Waals surface area contributed by atoms with Crippen molar-refractivity contribution in [2.75, 3.05) is 11.9 Å². The summed E-state index contributed by atoms with van der Waals surface area (Å²) in [7, 11) is 0. The van der Waals surface area contributed by atoms with Crippen LogP contribution in [0.5, 0.6) is 0 Å². The second-order valence-corrected chi connectivity index (χ2v) is 3.73. The van der Waals surface area contributed by atoms with Gasteiger partial charge in [0.05, 0.1) is 10.7 Å². The summed E-state index contributed by atoms with van der Waals surface area (Å²) in [5.74, 6) is -0.0695. The second-order valence-electron chi connectivity index (χ2n) is 3.32. The average Bonchev–Trinajstić information content (AvgIpc) is 2.54. The van der Waals surface area contributed by atoms with Crippen LogP contribution >= 0.6 is 11.6 Å². The van der Waals surface area contributed by atoms with E-state index < -0.39 is 0 Å². The number of amides is 1. The van der Waals surface area contributed by atoms with Gasteiger partial charge >= 0.3 is 0 Å². The highest BCUT2D eigenvalue weighted by atomic mass is 35.5. The predicted octanol–water partition coefficient (Wildman–Crippen LogP) is 2.11. The normalized spacial score (nSPS) is 18.5. The van der Waals surface area contributed by atoms with Crippen molar-refractivity contribution in [2.45, 2.75) is 6.04 Å². The minimum absolute atomic E-state index is 0.0695. The van der Waals surface area contributed by atoms with Crippen molar-refractivity contribution in [1.82, 2.24) is 5.32 Å². The summed E-state index contributed by atoms with van der Waals surface area (Å²) in [6.07, 6.45) is 1.72. The molecule has 0 saturated heterocycles. The molecule has 0 radical (unpaired) electrons. The molecule has 1 unspecified atom stereocenters. The Morgan fingerprint density at radius 1 is 1.60 bits per heavy atom. The summed E-state index contributed by atoms with van der Waals surface area (Å²) in [6, 6.07) is 5.16. The zero-order valence-electron chi connectivity index (χ0n) is 8.09. The van der Waals surface area contributed by atoms with Crippen LogP contribution in [-0.2, 0) is 4.79 Å². The number of hydrogen-bond donors (Lipinski definition) is 2. The fourth-order valence-electron chi connectivity index (χ4n) is 1.65. The SMILES string of the molecule is C=CCNC1C(=O)Nc2c(Cl)cccc21. The molecule has 0 aliphatic carbocycles. The highest BCUT2D eigenvalue weighted by Crippen LogP contribution is 2.35. The lowest BCUT2D eigenvalue weighted by molar-refractivity contribution is -0.117. The molecule has 0 bridgehead atoms. The van der Waals surface area contributed by atoms with Crippen LogP contribution in [0.2, 0.25) is 5.02 Å². The molecule has 4 heteroatoms. The van der Waals surface area contributed by atoms with Crippen LogP contribution in [0.15, 0.2) is 30.9 Å². The van der Waals surface area contributed by atoms with Crippen LogP contribution in [0, 0.1) is 0 Å². The Kier molecular flexibility index (Phi) is 2.75. The smallest absolute Gasteiger partial charge is 0.246 e. The van der Waals surface area contributed by atoms with E-state index in [2.05, 4.69) is 17.2 Å². The summed E-state index contributed by atoms with van der Waals surface area (Å²) in [6.45, 7) is 4.19. The van der Waals surface area contributed by atoms with Gasteiger partial charge in [-0.3, -0.25) is 10.1 Å². The highest BCUT2D eigenvalue weighted by molar-refractivity contribution is 6.34. The molecule has 0 fully saturated rings. The summed E-state index contributed by atoms with van der Waals surface area (Å²) in [5.41, 5.74) is 1.61. The lowest BCUT2D eigenvalue weighted by Gasteiger charge is -2.08. The van der Waals surface area contributed by atoms with E-state index in [0.717, 1.165) is 5.56 Å². The molecular weight excluding hydrogens is 212 g/mol. The fraction of sp³-hybridized carbons (Fsp3) is 0.182. The molecule has 3 nitrogen and oxygen atoms in total. The molecule has 0 spiro atoms. The summed E-state index contributed by atoms with van der Waals surface area (Å²) in [4.78, 5) is 11.6. The molecule has 2 rings (SSSR count). The predicted molar refractivity (Wildman–Crippen MR) is 61.0 cm³/mol. The number of carbonyl (C=O) groups excluding carboxylic acids is 1. The van der Waals surface area contributed by atoms with Crippen LogP contribution in [0.25, 0.3) is 0 Å². The van der Waals surface area contributed by atoms with Gasteiger partial charge in [-0.15, -0.1) is 6.58 Å². The first-order chi connectivity index (χ1) is 7.24. The molecule has 1 aliphatic rings. The number of anilines is 1. The van der Waals surface area contributed by atoms with Crippen molar-refractivity contribution in [3.63, 3.8) is 0 Å². The number of nitrogens with one attached hydrogen (secondary N) is 2. The molecule has 1 heterocycles. The maximum atomic E-state index is 11.6. The molecule has 15 heavy (non-hydrogen) atoms. The van der Waals surface area contributed by atoms with E-state index in [9.17, 15) is 4.79 Å². The molecule has 0 saturated carbocycles. The third-order valence-electron chi connectivity index (χ3n) is 2.33. The highest BCUT2D eigenvalue weighted by Gasteiger charge is 2.30. The third kappa shape index (κ3) is 1.76. The monoisotopic (exact) mass is 222 g/mol. The Balaban J connectivity index is 2.33. The number of fused-ring (bicyclic) bond motifs is 1. The Labute approximate surface area is 93.1 Å². The van der Waals surface area contributed by atoms with E-state index >= 15 is 0 Å². The number of benzene rings is 1. The molecule has 1 amide bonds. The van der Waals surface area contributed by atoms with Crippen LogP contribution in [0.3, 0.4) is 0 Å². The minimum Gasteiger partial charge on any atom is -0.323 e. The zero-order chi connectivity index (χ0) is 10.8. The van der Waals surface area contributed by atoms with Gasteiger partial charge in [0.25, 0.3) is 0 Å². The lowest BCUT2D eigenvalue weighted by Crippen LogP contribution is -2.27. The van der Waals surface area contributed by atoms with Crippen LogP contribution in [-0.4, -0.2) is 12.5 Å². The largest absolute Gasteiger partial charge is 0.323 e. The van der Waals surface area contributed by atoms with Crippen LogP contribution < -0.4 is 10.6 Å². The number of halogens is 1. The average molecular weight is 223 g/mol. The van der Waals surface area contributed by atoms with E-state index in [1.54, 1.807) is 12.1 Å². The van der Waals surface area contributed by atoms with Gasteiger partial charge in [0.2, 0.25) is 5.91 Å². The van der Waals surface area contributed by atoms with Gasteiger partial charge in [-0.05, 0) is 6.07 Å². The number of carbonyl (C=O) groups is 1. The maximum absolute atomic E-state index is 11.6. The number of hydrogen-bond acceptors (Lipinski definition) is 2. The molecule has 78 valence electrons. The summed E-state index contributed by atoms with van der Waals surface area (Å²) < 4.78 is 0. The van der Waals surface area contributed by atoms with Crippen LogP contribution in [0.4, 0.5) is 5.69 Å². The van der Waals surface area contributed by atoms with Crippen molar-refractivity contribution in [1.29, 1.82) is 0 Å². The van der Waals surface area contributed by atoms with Crippen molar-refractivity contribution >= 4 is 23.2 Å². The van der Waals surface area contributed by atoms with Gasteiger partial charge < -0.3 is 5.32 Å². The van der Waals surface area contributed by atoms with Crippen molar-refractivity contribution in [3.05, 3.63) is 41.4 Å². The fourth-order valence-corrected chi connectivity index (χ4v) is 1.88. The van der Waals surface area contributed by atoms with Crippen molar-refractivity contribution in [3.8, 4) is 0 Å². The molecular formula is C11H11ClN2O. The Hall–Kier alpha value is -1.32. The van der Waals surface area contributed by atoms with Gasteiger partial charge in [0, 0.05) is 12.1 Å². The molecule has 1 aromatic rings. The molecule has 1 aliphatic heterocycles. The van der Waals surface area contributed by atoms with E-state index in [-0.39, 0.29) is 11.9 Å². The van der Waals surface area contributed by atoms with Crippen molar-refractivity contribution in [2.24, 2.45) is 0 Å². The number of para-hydroxylation sites is 1. The summed E-state index contributed by atoms with van der Waals surface area (Å²) >= 11 is 5.97. The van der Waals surface area contributed by atoms with Crippen LogP contribution in [0.1, 0.15) is 11.6 Å². The molecule has 0 aromatic heterocycles. The van der Waals surface area contributed by atoms with Gasteiger partial charge in [0.15, 0.2) is 0 Å². The number of rotatable bonds is 3. The quantitative estimate of drug-likeness (QED) is 0.770. The third-order valence-corrected chi connectivity index (χ3v) is 2.65. The topological polar surface area (TPSA) is 41.1 Å². The zero-order valence-corrected chi connectivity index (χ0v) is 8.84. The standard InChI is InChI=1S/C11H11ClN2O/c1-2-6-13-10-7-4-3-5-8(12)9(7)14-11(10)15/h2-5,10,13H,1,6H2,(H,14,15). The molecule has 2 N–H and O–H groups in total. The Bertz CT molecular complexity index is 417. The first kappa shape index (κ1) is 10.2. The van der Waals surface area contributed by atoms with Gasteiger partial charge in [0.1, 0.15) is 6.04 Å². The van der Waals surface area contributed by atoms with E-state index in [4.69, 9.17) is 11.6 Å². The van der Waals surface area contributed by atoms with Crippen molar-refractivity contribution < 1.29 is 4.79 Å². The minimum atomic E-state index is -0.322. The van der Waals surface area contributed by atoms with Gasteiger partial charge in [-0.25, -0.2) is 0 Å². The first-order valence-corrected chi connectivity index (χ1v) is 5.05. The first-order valence-electron chi connectivity index (χ1n) is 4.67. The lowest BCUT2D eigenvalue weighted by atomic mass is 10.1. The summed E-state index contributed by atoms with van der Waals surface area (Å²) in [5, 5.41) is 6.41. The Morgan fingerprint density at radius 2 is 2.40 bits per heavy atom. The van der Waals surface area contributed by atoms with Gasteiger partial charge in [-0.2, -0.15) is 0 Å². The maximum Gasteiger partial charge on any atom is 0.246 e. The Morgan fingerprint density at radius 3 is 3.13 bits per heavy atom. The van der Waals surface area contributed by atoms with E-state index in [1.165, 1.54) is 0 Å². The van der Waals surface area contributed by atoms with Gasteiger partial charge in [-0.1, -0.05) is 29.8 Å².